The highest BCUT2D eigenvalue weighted by Gasteiger charge is 2.18. The number of hydrogen-bond acceptors (Lipinski definition) is 4. The number of carboxylic acid groups (broad SMARTS) is 1. The molecule has 134 valence electrons. The van der Waals surface area contributed by atoms with Gasteiger partial charge in [0, 0.05) is 28.9 Å². The highest BCUT2D eigenvalue weighted by molar-refractivity contribution is 5.91. The van der Waals surface area contributed by atoms with Gasteiger partial charge in [-0.05, 0) is 42.8 Å². The lowest BCUT2D eigenvalue weighted by Crippen LogP contribution is -2.08. The Hall–Kier alpha value is -3.22. The number of aromatic hydroxyl groups is 1. The van der Waals surface area contributed by atoms with Gasteiger partial charge in [0.05, 0.1) is 6.20 Å². The second-order valence-corrected chi connectivity index (χ2v) is 6.07. The van der Waals surface area contributed by atoms with E-state index in [2.05, 4.69) is 15.3 Å². The van der Waals surface area contributed by atoms with E-state index < -0.39 is 12.3 Å². The third-order valence-corrected chi connectivity index (χ3v) is 3.96. The van der Waals surface area contributed by atoms with Crippen molar-refractivity contribution in [1.82, 2.24) is 9.97 Å². The van der Waals surface area contributed by atoms with Crippen LogP contribution in [0.1, 0.15) is 18.4 Å². The molecule has 1 aliphatic rings. The largest absolute Gasteiger partial charge is 0.506 e. The van der Waals surface area contributed by atoms with Crippen molar-refractivity contribution in [2.24, 2.45) is 0 Å². The topological polar surface area (TPSA) is 95.3 Å². The van der Waals surface area contributed by atoms with E-state index in [1.165, 1.54) is 6.20 Å². The van der Waals surface area contributed by atoms with Crippen LogP contribution >= 0.6 is 0 Å². The Labute approximate surface area is 149 Å². The second kappa shape index (κ2) is 7.35. The van der Waals surface area contributed by atoms with Crippen LogP contribution in [0, 0.1) is 6.92 Å². The summed E-state index contributed by atoms with van der Waals surface area (Å²) in [6.45, 7) is 1.83. The van der Waals surface area contributed by atoms with E-state index in [-0.39, 0.29) is 11.6 Å². The molecule has 0 saturated heterocycles. The number of nitrogens with one attached hydrogen (secondary N) is 1. The molecule has 0 unspecified atom stereocenters. The molecule has 6 nitrogen and oxygen atoms in total. The van der Waals surface area contributed by atoms with E-state index in [1.54, 1.807) is 18.5 Å². The van der Waals surface area contributed by atoms with E-state index in [1.807, 2.05) is 25.1 Å². The lowest BCUT2D eigenvalue weighted by atomic mass is 10.00. The Morgan fingerprint density at radius 3 is 2.58 bits per heavy atom. The molecule has 1 fully saturated rings. The zero-order chi connectivity index (χ0) is 18.7. The molecule has 2 heterocycles. The number of hydrogen-bond donors (Lipinski definition) is 3. The van der Waals surface area contributed by atoms with Crippen molar-refractivity contribution in [3.8, 4) is 16.9 Å². The molecule has 3 aromatic rings. The lowest BCUT2D eigenvalue weighted by Gasteiger charge is -2.09. The number of halogens is 1. The summed E-state index contributed by atoms with van der Waals surface area (Å²) in [7, 11) is 0. The van der Waals surface area contributed by atoms with Crippen LogP contribution in [-0.2, 0) is 0 Å². The maximum absolute atomic E-state index is 11.1. The van der Waals surface area contributed by atoms with Crippen molar-refractivity contribution in [2.75, 3.05) is 5.32 Å². The van der Waals surface area contributed by atoms with Gasteiger partial charge in [0.2, 0.25) is 0 Å². The van der Waals surface area contributed by atoms with Gasteiger partial charge in [-0.1, -0.05) is 12.1 Å². The lowest BCUT2D eigenvalue weighted by molar-refractivity contribution is 0.209. The van der Waals surface area contributed by atoms with Crippen LogP contribution in [0.15, 0.2) is 42.9 Å². The van der Waals surface area contributed by atoms with Crippen molar-refractivity contribution in [1.29, 1.82) is 0 Å². The number of benzene rings is 1. The molecule has 0 atom stereocenters. The van der Waals surface area contributed by atoms with Gasteiger partial charge in [-0.25, -0.2) is 14.2 Å². The number of fused-ring (bicyclic) bond motifs is 1. The van der Waals surface area contributed by atoms with Crippen LogP contribution < -0.4 is 5.32 Å². The van der Waals surface area contributed by atoms with Crippen LogP contribution in [0.25, 0.3) is 21.9 Å². The summed E-state index contributed by atoms with van der Waals surface area (Å²) in [5.41, 5.74) is 2.51. The number of amides is 1. The van der Waals surface area contributed by atoms with Gasteiger partial charge in [-0.3, -0.25) is 10.3 Å². The fourth-order valence-corrected chi connectivity index (χ4v) is 2.36. The summed E-state index contributed by atoms with van der Waals surface area (Å²) in [6, 6.07) is 7.37. The van der Waals surface area contributed by atoms with E-state index in [0.29, 0.717) is 0 Å². The van der Waals surface area contributed by atoms with Crippen LogP contribution in [0.5, 0.6) is 5.75 Å². The highest BCUT2D eigenvalue weighted by Crippen LogP contribution is 2.30. The van der Waals surface area contributed by atoms with Gasteiger partial charge < -0.3 is 10.2 Å². The number of aromatic nitrogens is 2. The maximum Gasteiger partial charge on any atom is 0.410 e. The minimum Gasteiger partial charge on any atom is -0.506 e. The van der Waals surface area contributed by atoms with Crippen molar-refractivity contribution in [3.63, 3.8) is 0 Å². The summed E-state index contributed by atoms with van der Waals surface area (Å²) >= 11 is 0. The zero-order valence-electron chi connectivity index (χ0n) is 14.1. The molecule has 7 heteroatoms. The normalized spacial score (nSPS) is 13.0. The molecule has 1 aromatic carbocycles. The number of anilines is 1. The van der Waals surface area contributed by atoms with Gasteiger partial charge in [0.1, 0.15) is 17.7 Å². The molecule has 26 heavy (non-hydrogen) atoms. The summed E-state index contributed by atoms with van der Waals surface area (Å²) in [5.74, 6) is 0.430. The quantitative estimate of drug-likeness (QED) is 0.628. The first-order valence-electron chi connectivity index (χ1n) is 8.12. The summed E-state index contributed by atoms with van der Waals surface area (Å²) in [4.78, 5) is 18.7. The molecule has 0 radical (unpaired) electrons. The van der Waals surface area contributed by atoms with E-state index >= 15 is 0 Å². The standard InChI is InChI=1S/C16H13N3O3.C3H5F/c1-9-13(7-17-8-14(9)20)11-3-2-10-5-15(19-16(21)22)18-6-12(10)4-11;4-3-1-2-3/h2-8,20H,1H3,(H,18,19)(H,21,22);3H,1-2H2. The Bertz CT molecular complexity index is 958. The smallest absolute Gasteiger partial charge is 0.410 e. The summed E-state index contributed by atoms with van der Waals surface area (Å²) in [5, 5.41) is 22.4. The maximum atomic E-state index is 11.1. The fourth-order valence-electron chi connectivity index (χ4n) is 2.36. The van der Waals surface area contributed by atoms with E-state index in [0.717, 1.165) is 40.3 Å². The second-order valence-electron chi connectivity index (χ2n) is 6.07. The number of pyridine rings is 2. The van der Waals surface area contributed by atoms with Crippen LogP contribution in [-0.4, -0.2) is 32.4 Å². The number of rotatable bonds is 2. The summed E-state index contributed by atoms with van der Waals surface area (Å²) < 4.78 is 11.1. The van der Waals surface area contributed by atoms with E-state index in [4.69, 9.17) is 5.11 Å². The van der Waals surface area contributed by atoms with Gasteiger partial charge in [-0.15, -0.1) is 0 Å². The Kier molecular flexibility index (Phi) is 4.97. The van der Waals surface area contributed by atoms with Crippen molar-refractivity contribution in [2.45, 2.75) is 25.9 Å². The monoisotopic (exact) mass is 355 g/mol. The predicted octanol–water partition coefficient (Wildman–Crippen LogP) is 4.52. The fraction of sp³-hybridized carbons (Fsp3) is 0.211. The first-order valence-corrected chi connectivity index (χ1v) is 8.12. The first-order chi connectivity index (χ1) is 12.4. The number of nitrogens with zero attached hydrogens (tertiary/aromatic N) is 2. The molecular weight excluding hydrogens is 337 g/mol. The zero-order valence-corrected chi connectivity index (χ0v) is 14.1. The Morgan fingerprint density at radius 2 is 1.92 bits per heavy atom. The molecule has 0 bridgehead atoms. The Balaban J connectivity index is 0.000000433. The molecule has 0 aliphatic heterocycles. The molecule has 1 saturated carbocycles. The molecular formula is C19H18FN3O3. The Morgan fingerprint density at radius 1 is 1.19 bits per heavy atom. The van der Waals surface area contributed by atoms with Crippen LogP contribution in [0.2, 0.25) is 0 Å². The molecule has 4 rings (SSSR count). The van der Waals surface area contributed by atoms with Gasteiger partial charge in [0.15, 0.2) is 0 Å². The van der Waals surface area contributed by atoms with Gasteiger partial charge in [0.25, 0.3) is 0 Å². The summed E-state index contributed by atoms with van der Waals surface area (Å²) in [6.07, 6.45) is 4.79. The number of alkyl halides is 1. The molecule has 2 aromatic heterocycles. The van der Waals surface area contributed by atoms with E-state index in [9.17, 15) is 14.3 Å². The van der Waals surface area contributed by atoms with Gasteiger partial charge >= 0.3 is 6.09 Å². The van der Waals surface area contributed by atoms with Gasteiger partial charge in [-0.2, -0.15) is 0 Å². The third-order valence-electron chi connectivity index (χ3n) is 3.96. The highest BCUT2D eigenvalue weighted by atomic mass is 19.1. The predicted molar refractivity (Wildman–Crippen MR) is 97.2 cm³/mol. The van der Waals surface area contributed by atoms with Crippen LogP contribution in [0.4, 0.5) is 15.0 Å². The third kappa shape index (κ3) is 4.24. The average molecular weight is 355 g/mol. The first kappa shape index (κ1) is 17.6. The minimum atomic E-state index is -1.15. The molecule has 1 amide bonds. The SMILES string of the molecule is Cc1c(O)cncc1-c1ccc2cc(NC(=O)O)ncc2c1.FC1CC1. The van der Waals surface area contributed by atoms with Crippen molar-refractivity contribution < 1.29 is 19.4 Å². The molecule has 3 N–H and O–H groups in total. The average Bonchev–Trinajstić information content (AvgIpc) is 3.39. The van der Waals surface area contributed by atoms with Crippen LogP contribution in [0.3, 0.4) is 0 Å². The minimum absolute atomic E-state index is 0.150. The van der Waals surface area contributed by atoms with Crippen molar-refractivity contribution in [3.05, 3.63) is 48.4 Å². The number of carbonyl (C=O) groups is 1. The molecule has 0 spiro atoms. The van der Waals surface area contributed by atoms with Crippen molar-refractivity contribution >= 4 is 22.7 Å². The molecule has 1 aliphatic carbocycles.